The number of hydrazine groups is 1. The standard InChI is InChI=1S/C25H26ClN3O7/c1-2-3-12-35-24(33)16-8-10-18(11-9-16)29-14-17(13-22(29)31)25(34)36-15-21(30)27-28-23(32)19-6-4-5-7-20(19)26/h4-11,17H,2-3,12-15H2,1H3,(H,27,30)(H,28,32)/t17-/m0/s1. The molecule has 0 unspecified atom stereocenters. The number of hydrogen-bond acceptors (Lipinski definition) is 7. The molecule has 0 spiro atoms. The van der Waals surface area contributed by atoms with Gasteiger partial charge in [0.25, 0.3) is 11.8 Å². The summed E-state index contributed by atoms with van der Waals surface area (Å²) in [5, 5.41) is 0.215. The van der Waals surface area contributed by atoms with Crippen LogP contribution >= 0.6 is 11.6 Å². The minimum absolute atomic E-state index is 0.0722. The van der Waals surface area contributed by atoms with Gasteiger partial charge >= 0.3 is 11.9 Å². The van der Waals surface area contributed by atoms with Crippen LogP contribution in [0.4, 0.5) is 5.69 Å². The Kier molecular flexibility index (Phi) is 9.40. The Morgan fingerprint density at radius 3 is 2.44 bits per heavy atom. The molecule has 1 atom stereocenters. The highest BCUT2D eigenvalue weighted by Crippen LogP contribution is 2.26. The van der Waals surface area contributed by atoms with Crippen LogP contribution in [0.1, 0.15) is 46.9 Å². The molecule has 10 nitrogen and oxygen atoms in total. The summed E-state index contributed by atoms with van der Waals surface area (Å²) >= 11 is 5.93. The third-order valence-electron chi connectivity index (χ3n) is 5.38. The van der Waals surface area contributed by atoms with Crippen LogP contribution in [-0.2, 0) is 23.9 Å². The van der Waals surface area contributed by atoms with Gasteiger partial charge in [-0.05, 0) is 42.8 Å². The van der Waals surface area contributed by atoms with Gasteiger partial charge in [-0.15, -0.1) is 0 Å². The number of carbonyl (C=O) groups excluding carboxylic acids is 5. The van der Waals surface area contributed by atoms with Crippen molar-refractivity contribution in [2.24, 2.45) is 5.92 Å². The second-order valence-corrected chi connectivity index (χ2v) is 8.44. The van der Waals surface area contributed by atoms with Crippen LogP contribution in [0.15, 0.2) is 48.5 Å². The molecule has 1 fully saturated rings. The molecule has 0 aliphatic carbocycles. The van der Waals surface area contributed by atoms with Crippen molar-refractivity contribution in [3.8, 4) is 0 Å². The monoisotopic (exact) mass is 515 g/mol. The van der Waals surface area contributed by atoms with Crippen molar-refractivity contribution >= 4 is 46.9 Å². The molecule has 0 bridgehead atoms. The van der Waals surface area contributed by atoms with Crippen molar-refractivity contribution in [3.63, 3.8) is 0 Å². The molecule has 0 aromatic heterocycles. The summed E-state index contributed by atoms with van der Waals surface area (Å²) in [4.78, 5) is 62.3. The average molecular weight is 516 g/mol. The average Bonchev–Trinajstić information content (AvgIpc) is 3.27. The molecule has 1 aliphatic heterocycles. The zero-order valence-corrected chi connectivity index (χ0v) is 20.4. The number of carbonyl (C=O) groups is 5. The first-order valence-corrected chi connectivity index (χ1v) is 11.8. The molecule has 1 saturated heterocycles. The summed E-state index contributed by atoms with van der Waals surface area (Å²) in [7, 11) is 0. The summed E-state index contributed by atoms with van der Waals surface area (Å²) in [6.07, 6.45) is 1.62. The third-order valence-corrected chi connectivity index (χ3v) is 5.71. The van der Waals surface area contributed by atoms with Gasteiger partial charge in [0.15, 0.2) is 6.61 Å². The topological polar surface area (TPSA) is 131 Å². The van der Waals surface area contributed by atoms with Gasteiger partial charge in [0.2, 0.25) is 5.91 Å². The second kappa shape index (κ2) is 12.7. The van der Waals surface area contributed by atoms with E-state index in [4.69, 9.17) is 21.1 Å². The smallest absolute Gasteiger partial charge is 0.338 e. The third kappa shape index (κ3) is 7.05. The van der Waals surface area contributed by atoms with Crippen LogP contribution in [-0.4, -0.2) is 49.4 Å². The van der Waals surface area contributed by atoms with Crippen molar-refractivity contribution < 1.29 is 33.4 Å². The highest BCUT2D eigenvalue weighted by Gasteiger charge is 2.36. The fourth-order valence-electron chi connectivity index (χ4n) is 3.41. The number of rotatable bonds is 9. The lowest BCUT2D eigenvalue weighted by Gasteiger charge is -2.17. The molecule has 3 rings (SSSR count). The summed E-state index contributed by atoms with van der Waals surface area (Å²) in [5.41, 5.74) is 5.39. The Balaban J connectivity index is 1.45. The van der Waals surface area contributed by atoms with Gasteiger partial charge in [0.1, 0.15) is 0 Å². The predicted octanol–water partition coefficient (Wildman–Crippen LogP) is 2.65. The lowest BCUT2D eigenvalue weighted by molar-refractivity contribution is -0.152. The molecular weight excluding hydrogens is 490 g/mol. The number of hydrogen-bond donors (Lipinski definition) is 2. The number of anilines is 1. The van der Waals surface area contributed by atoms with Gasteiger partial charge in [0.05, 0.1) is 28.7 Å². The van der Waals surface area contributed by atoms with E-state index < -0.39 is 36.3 Å². The molecule has 36 heavy (non-hydrogen) atoms. The van der Waals surface area contributed by atoms with E-state index in [0.717, 1.165) is 12.8 Å². The predicted molar refractivity (Wildman–Crippen MR) is 130 cm³/mol. The molecular formula is C25H26ClN3O7. The van der Waals surface area contributed by atoms with Gasteiger partial charge < -0.3 is 14.4 Å². The number of ether oxygens (including phenoxy) is 2. The van der Waals surface area contributed by atoms with Crippen molar-refractivity contribution in [2.75, 3.05) is 24.7 Å². The lowest BCUT2D eigenvalue weighted by atomic mass is 10.1. The second-order valence-electron chi connectivity index (χ2n) is 8.03. The molecule has 190 valence electrons. The first kappa shape index (κ1) is 26.7. The Morgan fingerprint density at radius 1 is 1.03 bits per heavy atom. The van der Waals surface area contributed by atoms with Crippen LogP contribution in [0.2, 0.25) is 5.02 Å². The first-order valence-electron chi connectivity index (χ1n) is 11.4. The summed E-state index contributed by atoms with van der Waals surface area (Å²) < 4.78 is 10.2. The Hall–Kier alpha value is -3.92. The van der Waals surface area contributed by atoms with E-state index in [9.17, 15) is 24.0 Å². The van der Waals surface area contributed by atoms with Gasteiger partial charge in [-0.25, -0.2) is 4.79 Å². The van der Waals surface area contributed by atoms with Crippen molar-refractivity contribution in [2.45, 2.75) is 26.2 Å². The van der Waals surface area contributed by atoms with Crippen LogP contribution in [0.3, 0.4) is 0 Å². The zero-order valence-electron chi connectivity index (χ0n) is 19.6. The molecule has 0 radical (unpaired) electrons. The summed E-state index contributed by atoms with van der Waals surface area (Å²) in [5.74, 6) is -3.59. The maximum atomic E-state index is 12.4. The Morgan fingerprint density at radius 2 is 1.75 bits per heavy atom. The number of nitrogens with zero attached hydrogens (tertiary/aromatic N) is 1. The largest absolute Gasteiger partial charge is 0.462 e. The summed E-state index contributed by atoms with van der Waals surface area (Å²) in [6, 6.07) is 12.6. The molecule has 2 aromatic carbocycles. The molecule has 1 heterocycles. The molecule has 0 saturated carbocycles. The van der Waals surface area contributed by atoms with Crippen LogP contribution in [0, 0.1) is 5.92 Å². The van der Waals surface area contributed by atoms with E-state index in [-0.39, 0.29) is 29.5 Å². The Labute approximate surface area is 212 Å². The van der Waals surface area contributed by atoms with Gasteiger partial charge in [-0.1, -0.05) is 37.1 Å². The maximum Gasteiger partial charge on any atom is 0.338 e. The van der Waals surface area contributed by atoms with Gasteiger partial charge in [-0.2, -0.15) is 0 Å². The van der Waals surface area contributed by atoms with Crippen molar-refractivity contribution in [3.05, 3.63) is 64.7 Å². The first-order chi connectivity index (χ1) is 17.3. The highest BCUT2D eigenvalue weighted by molar-refractivity contribution is 6.33. The number of esters is 2. The number of unbranched alkanes of at least 4 members (excludes halogenated alkanes) is 1. The van der Waals surface area contributed by atoms with Gasteiger partial charge in [0, 0.05) is 18.7 Å². The van der Waals surface area contributed by atoms with E-state index in [2.05, 4.69) is 10.9 Å². The lowest BCUT2D eigenvalue weighted by Crippen LogP contribution is -2.44. The highest BCUT2D eigenvalue weighted by atomic mass is 35.5. The maximum absolute atomic E-state index is 12.4. The number of amides is 3. The SMILES string of the molecule is CCCCOC(=O)c1ccc(N2C[C@@H](C(=O)OCC(=O)NNC(=O)c3ccccc3Cl)CC2=O)cc1. The quantitative estimate of drug-likeness (QED) is 0.298. The van der Waals surface area contributed by atoms with Crippen LogP contribution < -0.4 is 15.8 Å². The van der Waals surface area contributed by atoms with E-state index in [1.54, 1.807) is 36.4 Å². The fraction of sp³-hybridized carbons (Fsp3) is 0.320. The minimum atomic E-state index is -0.762. The van der Waals surface area contributed by atoms with E-state index >= 15 is 0 Å². The summed E-state index contributed by atoms with van der Waals surface area (Å²) in [6.45, 7) is 1.78. The zero-order chi connectivity index (χ0) is 26.1. The van der Waals surface area contributed by atoms with Crippen LogP contribution in [0.5, 0.6) is 0 Å². The molecule has 1 aliphatic rings. The number of nitrogens with one attached hydrogen (secondary N) is 2. The van der Waals surface area contributed by atoms with Gasteiger partial charge in [-0.3, -0.25) is 30.0 Å². The number of benzene rings is 2. The van der Waals surface area contributed by atoms with E-state index in [1.165, 1.54) is 17.0 Å². The van der Waals surface area contributed by atoms with Crippen molar-refractivity contribution in [1.82, 2.24) is 10.9 Å². The molecule has 2 aromatic rings. The molecule has 3 amide bonds. The fourth-order valence-corrected chi connectivity index (χ4v) is 3.64. The van der Waals surface area contributed by atoms with Crippen molar-refractivity contribution in [1.29, 1.82) is 0 Å². The van der Waals surface area contributed by atoms with E-state index in [1.807, 2.05) is 6.92 Å². The molecule has 11 heteroatoms. The Bertz CT molecular complexity index is 1140. The minimum Gasteiger partial charge on any atom is -0.462 e. The molecule has 2 N–H and O–H groups in total. The van der Waals surface area contributed by atoms with Crippen LogP contribution in [0.25, 0.3) is 0 Å². The van der Waals surface area contributed by atoms with E-state index in [0.29, 0.717) is 17.9 Å². The number of halogens is 1. The normalized spacial score (nSPS) is 14.8.